The summed E-state index contributed by atoms with van der Waals surface area (Å²) < 4.78 is 28.2. The number of rotatable bonds is 2. The molecule has 0 fully saturated rings. The van der Waals surface area contributed by atoms with Crippen molar-refractivity contribution in [2.45, 2.75) is 6.10 Å². The van der Waals surface area contributed by atoms with E-state index in [-0.39, 0.29) is 11.4 Å². The second kappa shape index (κ2) is 4.14. The number of aliphatic hydroxyl groups is 1. The zero-order valence-electron chi connectivity index (χ0n) is 9.06. The van der Waals surface area contributed by atoms with Gasteiger partial charge < -0.3 is 10.8 Å². The van der Waals surface area contributed by atoms with Crippen LogP contribution in [0.15, 0.2) is 24.4 Å². The Labute approximate surface area is 96.3 Å². The summed E-state index contributed by atoms with van der Waals surface area (Å²) in [7, 11) is 1.57. The Bertz CT molecular complexity index is 533. The van der Waals surface area contributed by atoms with Crippen molar-refractivity contribution in [1.82, 2.24) is 9.78 Å². The molecule has 1 aromatic carbocycles. The molecular weight excluding hydrogens is 228 g/mol. The van der Waals surface area contributed by atoms with Crippen molar-refractivity contribution in [1.29, 1.82) is 0 Å². The number of benzene rings is 1. The number of aryl methyl sites for hydroxylation is 1. The lowest BCUT2D eigenvalue weighted by Crippen LogP contribution is -2.08. The molecule has 2 rings (SSSR count). The molecule has 0 spiro atoms. The van der Waals surface area contributed by atoms with E-state index in [0.717, 1.165) is 12.1 Å². The molecule has 1 heterocycles. The van der Waals surface area contributed by atoms with Crippen LogP contribution >= 0.6 is 0 Å². The van der Waals surface area contributed by atoms with Gasteiger partial charge in [0.25, 0.3) is 0 Å². The highest BCUT2D eigenvalue weighted by molar-refractivity contribution is 5.44. The summed E-state index contributed by atoms with van der Waals surface area (Å²) in [5.41, 5.74) is 5.39. The fourth-order valence-corrected chi connectivity index (χ4v) is 1.60. The van der Waals surface area contributed by atoms with Gasteiger partial charge in [-0.05, 0) is 12.1 Å². The van der Waals surface area contributed by atoms with Gasteiger partial charge in [0.2, 0.25) is 0 Å². The first-order chi connectivity index (χ1) is 8.02. The van der Waals surface area contributed by atoms with E-state index < -0.39 is 23.3 Å². The molecule has 0 aliphatic carbocycles. The van der Waals surface area contributed by atoms with Gasteiger partial charge in [-0.15, -0.1) is 0 Å². The molecule has 0 radical (unpaired) electrons. The summed E-state index contributed by atoms with van der Waals surface area (Å²) in [6.45, 7) is 0. The summed E-state index contributed by atoms with van der Waals surface area (Å²) in [5, 5.41) is 13.7. The Morgan fingerprint density at radius 2 is 1.94 bits per heavy atom. The number of anilines is 1. The predicted octanol–water partition coefficient (Wildman–Crippen LogP) is 1.36. The van der Waals surface area contributed by atoms with Gasteiger partial charge in [-0.2, -0.15) is 5.10 Å². The average molecular weight is 239 g/mol. The van der Waals surface area contributed by atoms with E-state index in [1.165, 1.54) is 16.9 Å². The van der Waals surface area contributed by atoms with Gasteiger partial charge in [0.05, 0.1) is 11.8 Å². The van der Waals surface area contributed by atoms with Crippen molar-refractivity contribution < 1.29 is 13.9 Å². The van der Waals surface area contributed by atoms with E-state index in [4.69, 9.17) is 5.73 Å². The maximum atomic E-state index is 13.5. The van der Waals surface area contributed by atoms with Crippen LogP contribution in [0.4, 0.5) is 14.6 Å². The van der Waals surface area contributed by atoms with Crippen molar-refractivity contribution in [3.05, 3.63) is 47.2 Å². The first-order valence-electron chi connectivity index (χ1n) is 4.91. The quantitative estimate of drug-likeness (QED) is 0.831. The van der Waals surface area contributed by atoms with Crippen LogP contribution in [0.5, 0.6) is 0 Å². The smallest absolute Gasteiger partial charge is 0.132 e. The van der Waals surface area contributed by atoms with E-state index in [1.54, 1.807) is 7.05 Å². The van der Waals surface area contributed by atoms with Crippen LogP contribution in [-0.4, -0.2) is 14.9 Å². The van der Waals surface area contributed by atoms with Gasteiger partial charge in [0.1, 0.15) is 23.6 Å². The Kier molecular flexibility index (Phi) is 2.81. The van der Waals surface area contributed by atoms with E-state index in [9.17, 15) is 13.9 Å². The first-order valence-corrected chi connectivity index (χ1v) is 4.91. The van der Waals surface area contributed by atoms with Crippen molar-refractivity contribution in [3.8, 4) is 0 Å². The van der Waals surface area contributed by atoms with Gasteiger partial charge in [-0.25, -0.2) is 8.78 Å². The number of aliphatic hydroxyl groups excluding tert-OH is 1. The average Bonchev–Trinajstić information content (AvgIpc) is 2.59. The third-order valence-electron chi connectivity index (χ3n) is 2.58. The highest BCUT2D eigenvalue weighted by Crippen LogP contribution is 2.29. The van der Waals surface area contributed by atoms with Crippen LogP contribution in [-0.2, 0) is 7.05 Å². The SMILES string of the molecule is Cn1ncc(C(O)c2c(F)cccc2F)c1N. The molecule has 1 unspecified atom stereocenters. The van der Waals surface area contributed by atoms with E-state index in [1.807, 2.05) is 0 Å². The molecule has 1 aromatic heterocycles. The van der Waals surface area contributed by atoms with Crippen LogP contribution < -0.4 is 5.73 Å². The van der Waals surface area contributed by atoms with E-state index >= 15 is 0 Å². The fraction of sp³-hybridized carbons (Fsp3) is 0.182. The third kappa shape index (κ3) is 1.87. The van der Waals surface area contributed by atoms with Gasteiger partial charge >= 0.3 is 0 Å². The van der Waals surface area contributed by atoms with E-state index in [0.29, 0.717) is 0 Å². The summed E-state index contributed by atoms with van der Waals surface area (Å²) in [5.74, 6) is -1.47. The summed E-state index contributed by atoms with van der Waals surface area (Å²) >= 11 is 0. The maximum absolute atomic E-state index is 13.5. The molecule has 4 nitrogen and oxygen atoms in total. The number of nitrogens with two attached hydrogens (primary N) is 1. The minimum absolute atomic E-state index is 0.167. The van der Waals surface area contributed by atoms with Crippen LogP contribution in [0.1, 0.15) is 17.2 Å². The second-order valence-corrected chi connectivity index (χ2v) is 3.65. The molecule has 0 saturated carbocycles. The standard InChI is InChI=1S/C11H11F2N3O/c1-16-11(14)6(5-15-16)10(17)9-7(12)3-2-4-8(9)13/h2-5,10,17H,14H2,1H3. The van der Waals surface area contributed by atoms with Crippen molar-refractivity contribution >= 4 is 5.82 Å². The lowest BCUT2D eigenvalue weighted by atomic mass is 10.0. The zero-order chi connectivity index (χ0) is 12.6. The van der Waals surface area contributed by atoms with E-state index in [2.05, 4.69) is 5.10 Å². The molecule has 0 saturated heterocycles. The molecule has 2 aromatic rings. The molecule has 6 heteroatoms. The van der Waals surface area contributed by atoms with Gasteiger partial charge in [0, 0.05) is 12.6 Å². The number of hydrogen-bond acceptors (Lipinski definition) is 3. The zero-order valence-corrected chi connectivity index (χ0v) is 9.06. The molecular formula is C11H11F2N3O. The van der Waals surface area contributed by atoms with Crippen LogP contribution in [0.3, 0.4) is 0 Å². The minimum Gasteiger partial charge on any atom is -0.384 e. The highest BCUT2D eigenvalue weighted by Gasteiger charge is 2.23. The number of hydrogen-bond donors (Lipinski definition) is 2. The molecule has 1 atom stereocenters. The molecule has 0 aliphatic heterocycles. The lowest BCUT2D eigenvalue weighted by Gasteiger charge is -2.12. The number of nitrogen functional groups attached to an aromatic ring is 1. The lowest BCUT2D eigenvalue weighted by molar-refractivity contribution is 0.209. The topological polar surface area (TPSA) is 64.1 Å². The van der Waals surface area contributed by atoms with Gasteiger partial charge in [-0.3, -0.25) is 4.68 Å². The first kappa shape index (κ1) is 11.5. The van der Waals surface area contributed by atoms with Crippen LogP contribution in [0, 0.1) is 11.6 Å². The number of nitrogens with zero attached hydrogens (tertiary/aromatic N) is 2. The summed E-state index contributed by atoms with van der Waals surface area (Å²) in [6.07, 6.45) is -0.184. The Morgan fingerprint density at radius 1 is 1.35 bits per heavy atom. The molecule has 0 aliphatic rings. The monoisotopic (exact) mass is 239 g/mol. The number of aromatic nitrogens is 2. The Morgan fingerprint density at radius 3 is 2.41 bits per heavy atom. The largest absolute Gasteiger partial charge is 0.384 e. The predicted molar refractivity (Wildman–Crippen MR) is 58.0 cm³/mol. The fourth-order valence-electron chi connectivity index (χ4n) is 1.60. The Balaban J connectivity index is 2.51. The van der Waals surface area contributed by atoms with Crippen molar-refractivity contribution in [2.75, 3.05) is 5.73 Å². The second-order valence-electron chi connectivity index (χ2n) is 3.65. The molecule has 90 valence electrons. The van der Waals surface area contributed by atoms with Gasteiger partial charge in [0.15, 0.2) is 0 Å². The van der Waals surface area contributed by atoms with Crippen molar-refractivity contribution in [3.63, 3.8) is 0 Å². The molecule has 0 amide bonds. The van der Waals surface area contributed by atoms with Crippen LogP contribution in [0.2, 0.25) is 0 Å². The number of halogens is 2. The van der Waals surface area contributed by atoms with Crippen molar-refractivity contribution in [2.24, 2.45) is 7.05 Å². The third-order valence-corrected chi connectivity index (χ3v) is 2.58. The summed E-state index contributed by atoms with van der Waals surface area (Å²) in [6, 6.07) is 3.38. The minimum atomic E-state index is -1.47. The normalized spacial score (nSPS) is 12.7. The molecule has 3 N–H and O–H groups in total. The molecule has 17 heavy (non-hydrogen) atoms. The van der Waals surface area contributed by atoms with Gasteiger partial charge in [-0.1, -0.05) is 6.07 Å². The van der Waals surface area contributed by atoms with Crippen LogP contribution in [0.25, 0.3) is 0 Å². The summed E-state index contributed by atoms with van der Waals surface area (Å²) in [4.78, 5) is 0. The highest BCUT2D eigenvalue weighted by atomic mass is 19.1. The maximum Gasteiger partial charge on any atom is 0.132 e. The molecule has 0 bridgehead atoms. The Hall–Kier alpha value is -1.95.